The quantitative estimate of drug-likeness (QED) is 0.768. The van der Waals surface area contributed by atoms with Gasteiger partial charge in [0.15, 0.2) is 0 Å². The summed E-state index contributed by atoms with van der Waals surface area (Å²) in [6.07, 6.45) is 0.509. The minimum absolute atomic E-state index is 0.180. The van der Waals surface area contributed by atoms with Crippen LogP contribution < -0.4 is 5.32 Å². The normalized spacial score (nSPS) is 11.0. The second kappa shape index (κ2) is 5.35. The van der Waals surface area contributed by atoms with Crippen LogP contribution in [0.4, 0.5) is 4.39 Å². The van der Waals surface area contributed by atoms with Crippen LogP contribution in [0, 0.1) is 12.7 Å². The summed E-state index contributed by atoms with van der Waals surface area (Å²) in [5.74, 6) is 0.230. The number of hydrogen-bond donors (Lipinski definition) is 2. The fraction of sp³-hybridized carbons (Fsp3) is 0.214. The molecule has 3 rings (SSSR count). The number of aromatic amines is 1. The van der Waals surface area contributed by atoms with Gasteiger partial charge in [0.25, 0.3) is 5.91 Å². The minimum atomic E-state index is -0.322. The van der Waals surface area contributed by atoms with Crippen LogP contribution in [0.3, 0.4) is 0 Å². The molecule has 108 valence electrons. The Balaban J connectivity index is 1.60. The number of hydrogen-bond acceptors (Lipinski definition) is 4. The van der Waals surface area contributed by atoms with E-state index >= 15 is 0 Å². The molecule has 7 heteroatoms. The number of imidazole rings is 1. The summed E-state index contributed by atoms with van der Waals surface area (Å²) in [4.78, 5) is 19.1. The van der Waals surface area contributed by atoms with Crippen molar-refractivity contribution in [3.63, 3.8) is 0 Å². The molecule has 0 atom stereocenters. The standard InChI is InChI=1S/C14H13FN4O2/c1-8-6-12(21-19-8)14(20)16-5-4-13-17-10-3-2-9(15)7-11(10)18-13/h2-3,6-7H,4-5H2,1H3,(H,16,20)(H,17,18). The number of fused-ring (bicyclic) bond motifs is 1. The summed E-state index contributed by atoms with van der Waals surface area (Å²) in [5, 5.41) is 6.36. The first-order valence-corrected chi connectivity index (χ1v) is 6.47. The van der Waals surface area contributed by atoms with Crippen LogP contribution in [-0.4, -0.2) is 27.6 Å². The summed E-state index contributed by atoms with van der Waals surface area (Å²) in [6, 6.07) is 5.93. The van der Waals surface area contributed by atoms with Crippen molar-refractivity contribution in [3.8, 4) is 0 Å². The van der Waals surface area contributed by atoms with E-state index in [2.05, 4.69) is 20.4 Å². The predicted molar refractivity (Wildman–Crippen MR) is 73.3 cm³/mol. The van der Waals surface area contributed by atoms with Gasteiger partial charge in [0.2, 0.25) is 5.76 Å². The van der Waals surface area contributed by atoms with Crippen molar-refractivity contribution in [2.75, 3.05) is 6.54 Å². The van der Waals surface area contributed by atoms with Crippen LogP contribution in [0.1, 0.15) is 22.1 Å². The third-order valence-electron chi connectivity index (χ3n) is 2.99. The second-order valence-corrected chi connectivity index (χ2v) is 4.68. The van der Waals surface area contributed by atoms with E-state index < -0.39 is 0 Å². The van der Waals surface area contributed by atoms with Gasteiger partial charge in [0.1, 0.15) is 11.6 Å². The Bertz CT molecular complexity index is 793. The maximum Gasteiger partial charge on any atom is 0.289 e. The van der Waals surface area contributed by atoms with Gasteiger partial charge in [0.05, 0.1) is 16.7 Å². The Kier molecular flexibility index (Phi) is 3.39. The molecule has 3 aromatic rings. The molecule has 0 unspecified atom stereocenters. The summed E-state index contributed by atoms with van der Waals surface area (Å²) >= 11 is 0. The minimum Gasteiger partial charge on any atom is -0.351 e. The lowest BCUT2D eigenvalue weighted by molar-refractivity contribution is 0.0917. The zero-order valence-electron chi connectivity index (χ0n) is 11.3. The number of nitrogens with zero attached hydrogens (tertiary/aromatic N) is 2. The molecule has 1 amide bonds. The first-order chi connectivity index (χ1) is 10.1. The molecule has 2 aromatic heterocycles. The van der Waals surface area contributed by atoms with Gasteiger partial charge in [-0.1, -0.05) is 5.16 Å². The molecule has 0 fully saturated rings. The van der Waals surface area contributed by atoms with E-state index in [4.69, 9.17) is 4.52 Å². The van der Waals surface area contributed by atoms with Crippen LogP contribution in [0.15, 0.2) is 28.8 Å². The Morgan fingerprint density at radius 3 is 3.05 bits per heavy atom. The molecule has 0 spiro atoms. The van der Waals surface area contributed by atoms with Gasteiger partial charge in [-0.3, -0.25) is 4.79 Å². The van der Waals surface area contributed by atoms with Crippen molar-refractivity contribution in [1.82, 2.24) is 20.4 Å². The van der Waals surface area contributed by atoms with Crippen molar-refractivity contribution in [3.05, 3.63) is 47.4 Å². The van der Waals surface area contributed by atoms with Gasteiger partial charge in [0, 0.05) is 19.0 Å². The van der Waals surface area contributed by atoms with E-state index in [1.807, 2.05) is 0 Å². The molecule has 0 aliphatic rings. The number of rotatable bonds is 4. The second-order valence-electron chi connectivity index (χ2n) is 4.68. The van der Waals surface area contributed by atoms with Crippen molar-refractivity contribution in [2.24, 2.45) is 0 Å². The van der Waals surface area contributed by atoms with Gasteiger partial charge in [-0.2, -0.15) is 0 Å². The highest BCUT2D eigenvalue weighted by atomic mass is 19.1. The Hall–Kier alpha value is -2.70. The number of aryl methyl sites for hydroxylation is 1. The number of carbonyl (C=O) groups is 1. The van der Waals surface area contributed by atoms with Gasteiger partial charge < -0.3 is 14.8 Å². The number of H-pyrrole nitrogens is 1. The number of nitrogens with one attached hydrogen (secondary N) is 2. The van der Waals surface area contributed by atoms with Gasteiger partial charge in [-0.15, -0.1) is 0 Å². The first kappa shape index (κ1) is 13.3. The predicted octanol–water partition coefficient (Wildman–Crippen LogP) is 1.97. The fourth-order valence-corrected chi connectivity index (χ4v) is 2.01. The molecule has 1 aromatic carbocycles. The van der Waals surface area contributed by atoms with Crippen LogP contribution in [-0.2, 0) is 6.42 Å². The van der Waals surface area contributed by atoms with E-state index in [9.17, 15) is 9.18 Å². The Morgan fingerprint density at radius 2 is 2.29 bits per heavy atom. The molecule has 6 nitrogen and oxygen atoms in total. The van der Waals surface area contributed by atoms with Gasteiger partial charge >= 0.3 is 0 Å². The molecule has 2 N–H and O–H groups in total. The van der Waals surface area contributed by atoms with Crippen molar-refractivity contribution in [1.29, 1.82) is 0 Å². The molecule has 2 heterocycles. The summed E-state index contributed by atoms with van der Waals surface area (Å²) in [6.45, 7) is 2.13. The number of aromatic nitrogens is 3. The lowest BCUT2D eigenvalue weighted by Gasteiger charge is -2.00. The van der Waals surface area contributed by atoms with E-state index in [-0.39, 0.29) is 17.5 Å². The molecule has 0 saturated heterocycles. The van der Waals surface area contributed by atoms with Crippen molar-refractivity contribution < 1.29 is 13.7 Å². The third-order valence-corrected chi connectivity index (χ3v) is 2.99. The number of halogens is 1. The largest absolute Gasteiger partial charge is 0.351 e. The van der Waals surface area contributed by atoms with Crippen LogP contribution in [0.25, 0.3) is 11.0 Å². The average Bonchev–Trinajstić information content (AvgIpc) is 3.04. The van der Waals surface area contributed by atoms with E-state index in [0.29, 0.717) is 35.5 Å². The number of amides is 1. The maximum absolute atomic E-state index is 13.1. The van der Waals surface area contributed by atoms with Crippen LogP contribution in [0.5, 0.6) is 0 Å². The topological polar surface area (TPSA) is 83.8 Å². The maximum atomic E-state index is 13.1. The molecule has 0 saturated carbocycles. The third kappa shape index (κ3) is 2.91. The smallest absolute Gasteiger partial charge is 0.289 e. The van der Waals surface area contributed by atoms with Crippen LogP contribution in [0.2, 0.25) is 0 Å². The van der Waals surface area contributed by atoms with Gasteiger partial charge in [-0.25, -0.2) is 9.37 Å². The lowest BCUT2D eigenvalue weighted by Crippen LogP contribution is -2.25. The van der Waals surface area contributed by atoms with Gasteiger partial charge in [-0.05, 0) is 25.1 Å². The molecular formula is C14H13FN4O2. The molecule has 0 radical (unpaired) electrons. The monoisotopic (exact) mass is 288 g/mol. The van der Waals surface area contributed by atoms with Crippen molar-refractivity contribution in [2.45, 2.75) is 13.3 Å². The SMILES string of the molecule is Cc1cc(C(=O)NCCc2nc3ccc(F)cc3[nH]2)on1. The Morgan fingerprint density at radius 1 is 1.43 bits per heavy atom. The summed E-state index contributed by atoms with van der Waals surface area (Å²) in [7, 11) is 0. The molecule has 0 aliphatic heterocycles. The number of benzene rings is 1. The fourth-order valence-electron chi connectivity index (χ4n) is 2.01. The van der Waals surface area contributed by atoms with E-state index in [1.54, 1.807) is 19.1 Å². The summed E-state index contributed by atoms with van der Waals surface area (Å²) < 4.78 is 17.9. The number of carbonyl (C=O) groups excluding carboxylic acids is 1. The molecule has 0 aliphatic carbocycles. The van der Waals surface area contributed by atoms with E-state index in [1.165, 1.54) is 12.1 Å². The highest BCUT2D eigenvalue weighted by Gasteiger charge is 2.11. The van der Waals surface area contributed by atoms with E-state index in [0.717, 1.165) is 0 Å². The highest BCUT2D eigenvalue weighted by molar-refractivity contribution is 5.91. The molecular weight excluding hydrogens is 275 g/mol. The molecule has 21 heavy (non-hydrogen) atoms. The summed E-state index contributed by atoms with van der Waals surface area (Å²) in [5.41, 5.74) is 1.99. The zero-order valence-corrected chi connectivity index (χ0v) is 11.3. The highest BCUT2D eigenvalue weighted by Crippen LogP contribution is 2.13. The molecule has 0 bridgehead atoms. The first-order valence-electron chi connectivity index (χ1n) is 6.47. The van der Waals surface area contributed by atoms with Crippen LogP contribution >= 0.6 is 0 Å². The van der Waals surface area contributed by atoms with Crippen molar-refractivity contribution >= 4 is 16.9 Å². The average molecular weight is 288 g/mol. The lowest BCUT2D eigenvalue weighted by atomic mass is 10.3. The Labute approximate surface area is 119 Å². The zero-order chi connectivity index (χ0) is 14.8.